The van der Waals surface area contributed by atoms with Gasteiger partial charge in [0.1, 0.15) is 0 Å². The van der Waals surface area contributed by atoms with E-state index in [1.807, 2.05) is 0 Å². The van der Waals surface area contributed by atoms with Crippen LogP contribution in [0, 0.1) is 0 Å². The first-order valence-electron chi connectivity index (χ1n) is 4.99. The molecule has 82 valence electrons. The maximum Gasteiger partial charge on any atom is 0.253 e. The molecular weight excluding hydrogens is 212 g/mol. The molecule has 0 radical (unpaired) electrons. The number of nitrogens with two attached hydrogens (primary N) is 1. The third kappa shape index (κ3) is 3.13. The summed E-state index contributed by atoms with van der Waals surface area (Å²) in [5, 5.41) is 3.21. The van der Waals surface area contributed by atoms with Gasteiger partial charge in [-0.05, 0) is 18.6 Å². The van der Waals surface area contributed by atoms with Gasteiger partial charge in [-0.2, -0.15) is 0 Å². The van der Waals surface area contributed by atoms with Crippen molar-refractivity contribution in [2.45, 2.75) is 19.8 Å². The number of benzene rings is 1. The second-order valence-corrected chi connectivity index (χ2v) is 3.72. The van der Waals surface area contributed by atoms with E-state index in [-0.39, 0.29) is 5.91 Å². The normalized spacial score (nSPS) is 10.0. The number of rotatable bonds is 4. The molecule has 3 nitrogen and oxygen atoms in total. The van der Waals surface area contributed by atoms with Gasteiger partial charge >= 0.3 is 0 Å². The Morgan fingerprint density at radius 3 is 2.93 bits per heavy atom. The van der Waals surface area contributed by atoms with Crippen molar-refractivity contribution in [3.63, 3.8) is 0 Å². The van der Waals surface area contributed by atoms with Crippen LogP contribution in [-0.4, -0.2) is 12.5 Å². The van der Waals surface area contributed by atoms with Crippen molar-refractivity contribution in [1.29, 1.82) is 0 Å². The molecule has 1 amide bonds. The van der Waals surface area contributed by atoms with Crippen LogP contribution in [0.2, 0.25) is 5.02 Å². The summed E-state index contributed by atoms with van der Waals surface area (Å²) in [4.78, 5) is 11.6. The Morgan fingerprint density at radius 1 is 1.53 bits per heavy atom. The van der Waals surface area contributed by atoms with Gasteiger partial charge in [0.25, 0.3) is 5.91 Å². The summed E-state index contributed by atoms with van der Waals surface area (Å²) in [5.74, 6) is -0.163. The molecule has 1 aromatic carbocycles. The standard InChI is InChI=1S/C11H15ClN2O/c1-2-3-7-14-11(15)8-5-4-6-9(12)10(8)13/h4-6H,2-3,7,13H2,1H3,(H,14,15). The lowest BCUT2D eigenvalue weighted by atomic mass is 10.1. The highest BCUT2D eigenvalue weighted by Gasteiger charge is 2.10. The summed E-state index contributed by atoms with van der Waals surface area (Å²) in [6, 6.07) is 5.05. The van der Waals surface area contributed by atoms with Gasteiger partial charge in [0.15, 0.2) is 0 Å². The third-order valence-electron chi connectivity index (χ3n) is 2.11. The van der Waals surface area contributed by atoms with Crippen LogP contribution in [-0.2, 0) is 0 Å². The van der Waals surface area contributed by atoms with E-state index in [9.17, 15) is 4.79 Å². The number of unbranched alkanes of at least 4 members (excludes halogenated alkanes) is 1. The zero-order chi connectivity index (χ0) is 11.3. The van der Waals surface area contributed by atoms with Gasteiger partial charge in [0, 0.05) is 6.54 Å². The summed E-state index contributed by atoms with van der Waals surface area (Å²) in [7, 11) is 0. The summed E-state index contributed by atoms with van der Waals surface area (Å²) < 4.78 is 0. The molecule has 0 spiro atoms. The highest BCUT2D eigenvalue weighted by molar-refractivity contribution is 6.33. The van der Waals surface area contributed by atoms with Crippen LogP contribution in [0.15, 0.2) is 18.2 Å². The monoisotopic (exact) mass is 226 g/mol. The van der Waals surface area contributed by atoms with Crippen LogP contribution in [0.25, 0.3) is 0 Å². The van der Waals surface area contributed by atoms with Gasteiger partial charge in [-0.3, -0.25) is 4.79 Å². The summed E-state index contributed by atoms with van der Waals surface area (Å²) in [6.07, 6.45) is 2.01. The highest BCUT2D eigenvalue weighted by atomic mass is 35.5. The van der Waals surface area contributed by atoms with E-state index in [1.54, 1.807) is 18.2 Å². The SMILES string of the molecule is CCCCNC(=O)c1cccc(Cl)c1N. The summed E-state index contributed by atoms with van der Waals surface area (Å²) in [6.45, 7) is 2.74. The Labute approximate surface area is 94.6 Å². The van der Waals surface area contributed by atoms with Gasteiger partial charge in [-0.15, -0.1) is 0 Å². The van der Waals surface area contributed by atoms with Crippen molar-refractivity contribution in [2.75, 3.05) is 12.3 Å². The molecular formula is C11H15ClN2O. The van der Waals surface area contributed by atoms with Gasteiger partial charge in [-0.1, -0.05) is 31.0 Å². The molecule has 15 heavy (non-hydrogen) atoms. The zero-order valence-corrected chi connectivity index (χ0v) is 9.47. The van der Waals surface area contributed by atoms with Crippen LogP contribution in [0.4, 0.5) is 5.69 Å². The number of hydrogen-bond acceptors (Lipinski definition) is 2. The minimum absolute atomic E-state index is 0.163. The molecule has 0 saturated carbocycles. The summed E-state index contributed by atoms with van der Waals surface area (Å²) >= 11 is 5.81. The van der Waals surface area contributed by atoms with Crippen LogP contribution < -0.4 is 11.1 Å². The lowest BCUT2D eigenvalue weighted by Gasteiger charge is -2.07. The number of carbonyl (C=O) groups is 1. The van der Waals surface area contributed by atoms with E-state index in [4.69, 9.17) is 17.3 Å². The van der Waals surface area contributed by atoms with Crippen molar-refractivity contribution >= 4 is 23.2 Å². The smallest absolute Gasteiger partial charge is 0.253 e. The minimum Gasteiger partial charge on any atom is -0.397 e. The molecule has 0 aromatic heterocycles. The van der Waals surface area contributed by atoms with Crippen molar-refractivity contribution in [3.8, 4) is 0 Å². The molecule has 0 unspecified atom stereocenters. The van der Waals surface area contributed by atoms with E-state index in [0.29, 0.717) is 22.8 Å². The number of amides is 1. The van der Waals surface area contributed by atoms with Crippen molar-refractivity contribution < 1.29 is 4.79 Å². The fraction of sp³-hybridized carbons (Fsp3) is 0.364. The minimum atomic E-state index is -0.163. The van der Waals surface area contributed by atoms with Gasteiger partial charge < -0.3 is 11.1 Å². The lowest BCUT2D eigenvalue weighted by molar-refractivity contribution is 0.0954. The molecule has 0 atom stereocenters. The zero-order valence-electron chi connectivity index (χ0n) is 8.72. The maximum atomic E-state index is 11.6. The van der Waals surface area contributed by atoms with E-state index in [1.165, 1.54) is 0 Å². The molecule has 3 N–H and O–H groups in total. The van der Waals surface area contributed by atoms with E-state index in [2.05, 4.69) is 12.2 Å². The average Bonchev–Trinajstić information content (AvgIpc) is 2.22. The fourth-order valence-corrected chi connectivity index (χ4v) is 1.38. The van der Waals surface area contributed by atoms with Gasteiger partial charge in [-0.25, -0.2) is 0 Å². The Morgan fingerprint density at radius 2 is 2.27 bits per heavy atom. The second kappa shape index (κ2) is 5.61. The molecule has 0 aliphatic rings. The third-order valence-corrected chi connectivity index (χ3v) is 2.44. The molecule has 0 aliphatic heterocycles. The molecule has 1 aromatic rings. The molecule has 4 heteroatoms. The van der Waals surface area contributed by atoms with Crippen molar-refractivity contribution in [2.24, 2.45) is 0 Å². The van der Waals surface area contributed by atoms with Gasteiger partial charge in [0.2, 0.25) is 0 Å². The highest BCUT2D eigenvalue weighted by Crippen LogP contribution is 2.21. The Kier molecular flexibility index (Phi) is 4.43. The first-order valence-corrected chi connectivity index (χ1v) is 5.36. The Hall–Kier alpha value is -1.22. The van der Waals surface area contributed by atoms with Crippen LogP contribution >= 0.6 is 11.6 Å². The van der Waals surface area contributed by atoms with Crippen LogP contribution in [0.1, 0.15) is 30.1 Å². The first kappa shape index (κ1) is 11.9. The van der Waals surface area contributed by atoms with Crippen molar-refractivity contribution in [3.05, 3.63) is 28.8 Å². The van der Waals surface area contributed by atoms with Crippen LogP contribution in [0.5, 0.6) is 0 Å². The first-order chi connectivity index (χ1) is 7.16. The van der Waals surface area contributed by atoms with E-state index in [0.717, 1.165) is 12.8 Å². The number of para-hydroxylation sites is 1. The largest absolute Gasteiger partial charge is 0.397 e. The number of nitrogen functional groups attached to an aromatic ring is 1. The number of carbonyl (C=O) groups excluding carboxylic acids is 1. The molecule has 0 aliphatic carbocycles. The fourth-order valence-electron chi connectivity index (χ4n) is 1.21. The molecule has 0 fully saturated rings. The molecule has 0 bridgehead atoms. The Balaban J connectivity index is 2.69. The predicted octanol–water partition coefficient (Wildman–Crippen LogP) is 2.45. The number of halogens is 1. The van der Waals surface area contributed by atoms with Crippen molar-refractivity contribution in [1.82, 2.24) is 5.32 Å². The topological polar surface area (TPSA) is 55.1 Å². The van der Waals surface area contributed by atoms with Gasteiger partial charge in [0.05, 0.1) is 16.3 Å². The quantitative estimate of drug-likeness (QED) is 0.612. The van der Waals surface area contributed by atoms with E-state index >= 15 is 0 Å². The number of anilines is 1. The maximum absolute atomic E-state index is 11.6. The average molecular weight is 227 g/mol. The molecule has 0 heterocycles. The second-order valence-electron chi connectivity index (χ2n) is 3.31. The van der Waals surface area contributed by atoms with E-state index < -0.39 is 0 Å². The lowest BCUT2D eigenvalue weighted by Crippen LogP contribution is -2.25. The number of hydrogen-bond donors (Lipinski definition) is 2. The number of nitrogens with one attached hydrogen (secondary N) is 1. The molecule has 0 saturated heterocycles. The Bertz CT molecular complexity index is 352. The predicted molar refractivity (Wildman–Crippen MR) is 63.1 cm³/mol. The van der Waals surface area contributed by atoms with Crippen LogP contribution in [0.3, 0.4) is 0 Å². The summed E-state index contributed by atoms with van der Waals surface area (Å²) in [5.41, 5.74) is 6.48. The molecule has 1 rings (SSSR count).